The Kier molecular flexibility index (Phi) is 4.14. The predicted molar refractivity (Wildman–Crippen MR) is 86.1 cm³/mol. The summed E-state index contributed by atoms with van der Waals surface area (Å²) < 4.78 is 1.32. The lowest BCUT2D eigenvalue weighted by Gasteiger charge is -2.32. The molecule has 2 aliphatic rings. The molecular formula is C14H20N4O3S. The van der Waals surface area contributed by atoms with Gasteiger partial charge in [0.25, 0.3) is 5.56 Å². The van der Waals surface area contributed by atoms with Crippen molar-refractivity contribution in [3.8, 4) is 0 Å². The SMILES string of the molecule is CSCC1CCC2(CC1)N=C(c1cn(C)c(=O)[nH]c1=O)NO2. The molecule has 0 unspecified atom stereocenters. The van der Waals surface area contributed by atoms with Gasteiger partial charge in [0.1, 0.15) is 5.56 Å². The lowest BCUT2D eigenvalue weighted by Crippen LogP contribution is -2.36. The van der Waals surface area contributed by atoms with Crippen LogP contribution >= 0.6 is 11.8 Å². The summed E-state index contributed by atoms with van der Waals surface area (Å²) in [6, 6.07) is 0. The van der Waals surface area contributed by atoms with Gasteiger partial charge >= 0.3 is 5.69 Å². The van der Waals surface area contributed by atoms with Gasteiger partial charge in [-0.2, -0.15) is 11.8 Å². The Morgan fingerprint density at radius 3 is 2.86 bits per heavy atom. The summed E-state index contributed by atoms with van der Waals surface area (Å²) in [6.07, 6.45) is 7.44. The highest BCUT2D eigenvalue weighted by molar-refractivity contribution is 7.98. The highest BCUT2D eigenvalue weighted by Crippen LogP contribution is 2.38. The molecule has 7 nitrogen and oxygen atoms in total. The maximum Gasteiger partial charge on any atom is 0.328 e. The Balaban J connectivity index is 1.82. The van der Waals surface area contributed by atoms with Crippen molar-refractivity contribution < 1.29 is 4.84 Å². The molecule has 22 heavy (non-hydrogen) atoms. The fraction of sp³-hybridized carbons (Fsp3) is 0.643. The molecule has 1 aromatic heterocycles. The first-order valence-corrected chi connectivity index (χ1v) is 8.75. The van der Waals surface area contributed by atoms with E-state index in [0.29, 0.717) is 17.3 Å². The molecular weight excluding hydrogens is 304 g/mol. The fourth-order valence-electron chi connectivity index (χ4n) is 2.99. The minimum Gasteiger partial charge on any atom is -0.303 e. The zero-order chi connectivity index (χ0) is 15.7. The maximum atomic E-state index is 11.9. The average Bonchev–Trinajstić information content (AvgIpc) is 2.90. The third-order valence-electron chi connectivity index (χ3n) is 4.31. The van der Waals surface area contributed by atoms with Crippen LogP contribution in [0.1, 0.15) is 31.2 Å². The largest absolute Gasteiger partial charge is 0.328 e. The number of H-pyrrole nitrogens is 1. The molecule has 0 amide bonds. The molecule has 1 aliphatic carbocycles. The van der Waals surface area contributed by atoms with E-state index in [1.54, 1.807) is 7.05 Å². The molecule has 2 heterocycles. The summed E-state index contributed by atoms with van der Waals surface area (Å²) in [5, 5.41) is 0. The second kappa shape index (κ2) is 5.92. The average molecular weight is 324 g/mol. The molecule has 3 rings (SSSR count). The van der Waals surface area contributed by atoms with Crippen molar-refractivity contribution in [3.05, 3.63) is 32.6 Å². The molecule has 1 aliphatic heterocycles. The van der Waals surface area contributed by atoms with Gasteiger partial charge in [-0.15, -0.1) is 0 Å². The minimum atomic E-state index is -0.564. The topological polar surface area (TPSA) is 88.5 Å². The van der Waals surface area contributed by atoms with Crippen LogP contribution in [0, 0.1) is 5.92 Å². The number of aliphatic imine (C=N–C) groups is 1. The van der Waals surface area contributed by atoms with Crippen LogP contribution in [0.2, 0.25) is 0 Å². The molecule has 0 atom stereocenters. The maximum absolute atomic E-state index is 11.9. The molecule has 1 fully saturated rings. The van der Waals surface area contributed by atoms with Crippen molar-refractivity contribution in [2.24, 2.45) is 18.0 Å². The molecule has 2 N–H and O–H groups in total. The third-order valence-corrected chi connectivity index (χ3v) is 5.11. The Bertz CT molecular complexity index is 701. The lowest BCUT2D eigenvalue weighted by atomic mass is 9.85. The van der Waals surface area contributed by atoms with Crippen LogP contribution in [0.25, 0.3) is 0 Å². The highest BCUT2D eigenvalue weighted by Gasteiger charge is 2.41. The number of amidine groups is 1. The molecule has 0 saturated heterocycles. The second-order valence-corrected chi connectivity index (χ2v) is 6.83. The first-order chi connectivity index (χ1) is 10.5. The number of hydroxylamine groups is 1. The van der Waals surface area contributed by atoms with Gasteiger partial charge in [0.05, 0.1) is 0 Å². The number of nitrogens with one attached hydrogen (secondary N) is 2. The van der Waals surface area contributed by atoms with E-state index in [1.165, 1.54) is 16.5 Å². The second-order valence-electron chi connectivity index (χ2n) is 5.92. The quantitative estimate of drug-likeness (QED) is 0.850. The number of aromatic amines is 1. The highest BCUT2D eigenvalue weighted by atomic mass is 32.2. The van der Waals surface area contributed by atoms with Crippen molar-refractivity contribution in [2.75, 3.05) is 12.0 Å². The Labute approximate surface area is 132 Å². The summed E-state index contributed by atoms with van der Waals surface area (Å²) in [5.41, 5.74) is 1.64. The summed E-state index contributed by atoms with van der Waals surface area (Å²) in [7, 11) is 1.58. The van der Waals surface area contributed by atoms with Crippen molar-refractivity contribution in [1.29, 1.82) is 0 Å². The number of thioether (sulfide) groups is 1. The summed E-state index contributed by atoms with van der Waals surface area (Å²) in [6.45, 7) is 0. The molecule has 0 bridgehead atoms. The van der Waals surface area contributed by atoms with E-state index in [2.05, 4.69) is 21.7 Å². The van der Waals surface area contributed by atoms with Crippen LogP contribution in [-0.2, 0) is 11.9 Å². The van der Waals surface area contributed by atoms with Gasteiger partial charge in [0.15, 0.2) is 11.6 Å². The van der Waals surface area contributed by atoms with E-state index in [4.69, 9.17) is 4.84 Å². The summed E-state index contributed by atoms with van der Waals surface area (Å²) >= 11 is 1.87. The van der Waals surface area contributed by atoms with Crippen LogP contribution in [-0.4, -0.2) is 33.1 Å². The van der Waals surface area contributed by atoms with Crippen molar-refractivity contribution >= 4 is 17.6 Å². The van der Waals surface area contributed by atoms with Gasteiger partial charge < -0.3 is 4.57 Å². The number of aromatic nitrogens is 2. The van der Waals surface area contributed by atoms with Crippen molar-refractivity contribution in [1.82, 2.24) is 15.0 Å². The smallest absolute Gasteiger partial charge is 0.303 e. The van der Waals surface area contributed by atoms with Crippen LogP contribution in [0.15, 0.2) is 20.8 Å². The molecule has 1 aromatic rings. The number of hydrogen-bond acceptors (Lipinski definition) is 6. The van der Waals surface area contributed by atoms with E-state index < -0.39 is 17.0 Å². The normalized spacial score (nSPS) is 27.7. The number of hydrogen-bond donors (Lipinski definition) is 2. The standard InChI is InChI=1S/C14H20N4O3S/c1-18-7-10(12(19)15-13(18)20)11-16-14(21-17-11)5-3-9(4-6-14)8-22-2/h7,9H,3-6,8H2,1-2H3,(H,16,17)(H,15,19,20). The molecule has 0 radical (unpaired) electrons. The number of nitrogens with zero attached hydrogens (tertiary/aromatic N) is 2. The van der Waals surface area contributed by atoms with E-state index in [1.807, 2.05) is 11.8 Å². The van der Waals surface area contributed by atoms with Gasteiger partial charge in [0, 0.05) is 13.2 Å². The van der Waals surface area contributed by atoms with E-state index in [0.717, 1.165) is 25.7 Å². The Hall–Kier alpha value is -1.54. The number of aryl methyl sites for hydroxylation is 1. The van der Waals surface area contributed by atoms with Crippen LogP contribution < -0.4 is 16.7 Å². The molecule has 8 heteroatoms. The van der Waals surface area contributed by atoms with E-state index in [9.17, 15) is 9.59 Å². The van der Waals surface area contributed by atoms with Crippen LogP contribution in [0.4, 0.5) is 0 Å². The summed E-state index contributed by atoms with van der Waals surface area (Å²) in [5.74, 6) is 2.28. The molecule has 1 saturated carbocycles. The first kappa shape index (κ1) is 15.4. The predicted octanol–water partition coefficient (Wildman–Crippen LogP) is 0.604. The van der Waals surface area contributed by atoms with Gasteiger partial charge in [-0.1, -0.05) is 0 Å². The zero-order valence-corrected chi connectivity index (χ0v) is 13.5. The third kappa shape index (κ3) is 2.85. The Morgan fingerprint density at radius 2 is 2.18 bits per heavy atom. The minimum absolute atomic E-state index is 0.324. The fourth-order valence-corrected chi connectivity index (χ4v) is 3.79. The van der Waals surface area contributed by atoms with E-state index in [-0.39, 0.29) is 0 Å². The Morgan fingerprint density at radius 1 is 1.45 bits per heavy atom. The first-order valence-electron chi connectivity index (χ1n) is 7.36. The molecule has 120 valence electrons. The van der Waals surface area contributed by atoms with Gasteiger partial charge in [-0.3, -0.25) is 9.78 Å². The number of rotatable bonds is 3. The lowest BCUT2D eigenvalue weighted by molar-refractivity contribution is -0.0823. The molecule has 1 spiro atoms. The van der Waals surface area contributed by atoms with Crippen LogP contribution in [0.5, 0.6) is 0 Å². The van der Waals surface area contributed by atoms with Gasteiger partial charge in [-0.05, 0) is 43.6 Å². The van der Waals surface area contributed by atoms with Gasteiger partial charge in [-0.25, -0.2) is 20.1 Å². The van der Waals surface area contributed by atoms with Crippen LogP contribution in [0.3, 0.4) is 0 Å². The van der Waals surface area contributed by atoms with Crippen molar-refractivity contribution in [2.45, 2.75) is 31.4 Å². The molecule has 0 aromatic carbocycles. The summed E-state index contributed by atoms with van der Waals surface area (Å²) in [4.78, 5) is 35.9. The van der Waals surface area contributed by atoms with Crippen molar-refractivity contribution in [3.63, 3.8) is 0 Å². The zero-order valence-electron chi connectivity index (χ0n) is 12.7. The van der Waals surface area contributed by atoms with Gasteiger partial charge in [0.2, 0.25) is 0 Å². The van der Waals surface area contributed by atoms with E-state index >= 15 is 0 Å². The monoisotopic (exact) mass is 324 g/mol.